The molecule has 0 aliphatic rings. The van der Waals surface area contributed by atoms with Crippen LogP contribution in [0.2, 0.25) is 0 Å². The first-order valence-corrected chi connectivity index (χ1v) is 9.92. The van der Waals surface area contributed by atoms with Crippen LogP contribution in [-0.2, 0) is 4.79 Å². The van der Waals surface area contributed by atoms with Crippen molar-refractivity contribution >= 4 is 35.1 Å². The Morgan fingerprint density at radius 2 is 1.94 bits per heavy atom. The number of hydrogen-bond donors (Lipinski definition) is 1. The van der Waals surface area contributed by atoms with E-state index in [1.807, 2.05) is 38.1 Å². The van der Waals surface area contributed by atoms with Crippen molar-refractivity contribution in [2.75, 3.05) is 5.32 Å². The molecule has 1 amide bonds. The minimum atomic E-state index is -0.588. The summed E-state index contributed by atoms with van der Waals surface area (Å²) in [5.74, 6) is -0.588. The largest absolute Gasteiger partial charge is 0.321 e. The molecule has 0 fully saturated rings. The maximum absolute atomic E-state index is 12.6. The van der Waals surface area contributed by atoms with Crippen LogP contribution in [0.1, 0.15) is 16.7 Å². The number of anilines is 1. The summed E-state index contributed by atoms with van der Waals surface area (Å²) in [6.45, 7) is 3.75. The fourth-order valence-corrected chi connectivity index (χ4v) is 3.46. The molecular weight excluding hydrogens is 414 g/mol. The highest BCUT2D eigenvalue weighted by atomic mass is 32.2. The SMILES string of the molecule is Cc1ccc(C)c(NC(=O)C(C#N)=Cc2ccc(Sc3ncccn3)c([N+](=O)[O-])c2)c1. The molecular formula is C22H17N5O3S. The monoisotopic (exact) mass is 431 g/mol. The molecule has 0 aliphatic carbocycles. The molecule has 8 nitrogen and oxygen atoms in total. The van der Waals surface area contributed by atoms with Crippen LogP contribution in [0.4, 0.5) is 11.4 Å². The molecule has 154 valence electrons. The number of carbonyl (C=O) groups is 1. The zero-order valence-corrected chi connectivity index (χ0v) is 17.5. The van der Waals surface area contributed by atoms with Crippen LogP contribution in [-0.4, -0.2) is 20.8 Å². The van der Waals surface area contributed by atoms with E-state index in [9.17, 15) is 20.2 Å². The lowest BCUT2D eigenvalue weighted by Crippen LogP contribution is -2.14. The van der Waals surface area contributed by atoms with Gasteiger partial charge >= 0.3 is 0 Å². The number of aromatic nitrogens is 2. The van der Waals surface area contributed by atoms with Gasteiger partial charge in [-0.3, -0.25) is 14.9 Å². The third kappa shape index (κ3) is 5.52. The summed E-state index contributed by atoms with van der Waals surface area (Å²) in [5, 5.41) is 24.1. The number of benzene rings is 2. The van der Waals surface area contributed by atoms with E-state index in [-0.39, 0.29) is 11.3 Å². The van der Waals surface area contributed by atoms with Crippen molar-refractivity contribution in [3.63, 3.8) is 0 Å². The highest BCUT2D eigenvalue weighted by molar-refractivity contribution is 7.99. The van der Waals surface area contributed by atoms with E-state index in [0.29, 0.717) is 21.3 Å². The Kier molecular flexibility index (Phi) is 6.74. The fraction of sp³-hybridized carbons (Fsp3) is 0.0909. The van der Waals surface area contributed by atoms with Crippen LogP contribution < -0.4 is 5.32 Å². The second-order valence-corrected chi connectivity index (χ2v) is 7.57. The summed E-state index contributed by atoms with van der Waals surface area (Å²) in [6.07, 6.45) is 4.42. The number of rotatable bonds is 6. The van der Waals surface area contributed by atoms with Crippen LogP contribution in [0.3, 0.4) is 0 Å². The molecule has 0 bridgehead atoms. The van der Waals surface area contributed by atoms with Gasteiger partial charge in [0.05, 0.1) is 9.82 Å². The van der Waals surface area contributed by atoms with E-state index in [1.54, 1.807) is 30.6 Å². The molecule has 0 unspecified atom stereocenters. The van der Waals surface area contributed by atoms with Crippen molar-refractivity contribution in [2.45, 2.75) is 23.9 Å². The van der Waals surface area contributed by atoms with Crippen molar-refractivity contribution in [3.8, 4) is 6.07 Å². The molecule has 0 saturated heterocycles. The number of carbonyl (C=O) groups excluding carboxylic acids is 1. The third-order valence-electron chi connectivity index (χ3n) is 4.24. The number of nitro groups is 1. The van der Waals surface area contributed by atoms with Crippen LogP contribution in [0.15, 0.2) is 70.5 Å². The van der Waals surface area contributed by atoms with Gasteiger partial charge in [0.1, 0.15) is 11.6 Å². The second-order valence-electron chi connectivity index (χ2n) is 6.56. The number of amides is 1. The van der Waals surface area contributed by atoms with Gasteiger partial charge in [-0.25, -0.2) is 9.97 Å². The van der Waals surface area contributed by atoms with Crippen molar-refractivity contribution < 1.29 is 9.72 Å². The topological polar surface area (TPSA) is 122 Å². The average Bonchev–Trinajstić information content (AvgIpc) is 2.76. The summed E-state index contributed by atoms with van der Waals surface area (Å²) < 4.78 is 0. The summed E-state index contributed by atoms with van der Waals surface area (Å²) in [7, 11) is 0. The van der Waals surface area contributed by atoms with Gasteiger partial charge in [0.25, 0.3) is 11.6 Å². The van der Waals surface area contributed by atoms with Gasteiger partial charge in [-0.05, 0) is 66.6 Å². The molecule has 0 radical (unpaired) electrons. The summed E-state index contributed by atoms with van der Waals surface area (Å²) >= 11 is 1.06. The lowest BCUT2D eigenvalue weighted by molar-refractivity contribution is -0.387. The van der Waals surface area contributed by atoms with E-state index < -0.39 is 10.8 Å². The highest BCUT2D eigenvalue weighted by Gasteiger charge is 2.18. The summed E-state index contributed by atoms with van der Waals surface area (Å²) in [4.78, 5) is 32.1. The molecule has 0 spiro atoms. The van der Waals surface area contributed by atoms with E-state index in [2.05, 4.69) is 15.3 Å². The quantitative estimate of drug-likeness (QED) is 0.197. The predicted octanol–water partition coefficient (Wildman–Crippen LogP) is 4.70. The molecule has 2 aromatic carbocycles. The maximum Gasteiger partial charge on any atom is 0.283 e. The Morgan fingerprint density at radius 3 is 2.61 bits per heavy atom. The van der Waals surface area contributed by atoms with Gasteiger partial charge < -0.3 is 5.32 Å². The molecule has 0 atom stereocenters. The van der Waals surface area contributed by atoms with E-state index in [1.165, 1.54) is 12.1 Å². The number of nitriles is 1. The molecule has 1 aromatic heterocycles. The lowest BCUT2D eigenvalue weighted by atomic mass is 10.1. The van der Waals surface area contributed by atoms with E-state index >= 15 is 0 Å². The Morgan fingerprint density at radius 1 is 1.19 bits per heavy atom. The van der Waals surface area contributed by atoms with Crippen molar-refractivity contribution in [2.24, 2.45) is 0 Å². The van der Waals surface area contributed by atoms with Crippen molar-refractivity contribution in [3.05, 3.63) is 87.2 Å². The van der Waals surface area contributed by atoms with Crippen LogP contribution in [0, 0.1) is 35.3 Å². The Labute approximate surface area is 182 Å². The number of aryl methyl sites for hydroxylation is 2. The fourth-order valence-electron chi connectivity index (χ4n) is 2.67. The lowest BCUT2D eigenvalue weighted by Gasteiger charge is -2.09. The molecule has 0 saturated carbocycles. The number of hydrogen-bond acceptors (Lipinski definition) is 7. The Hall–Kier alpha value is -4.03. The zero-order valence-electron chi connectivity index (χ0n) is 16.7. The normalized spacial score (nSPS) is 10.9. The highest BCUT2D eigenvalue weighted by Crippen LogP contribution is 2.34. The first-order chi connectivity index (χ1) is 14.9. The predicted molar refractivity (Wildman–Crippen MR) is 117 cm³/mol. The standard InChI is InChI=1S/C22H17N5O3S/c1-14-4-5-15(2)18(10-14)26-21(28)17(13-23)11-16-6-7-20(19(12-16)27(29)30)31-22-24-8-3-9-25-22/h3-12H,1-2H3,(H,26,28). The van der Waals surface area contributed by atoms with Crippen LogP contribution in [0.5, 0.6) is 0 Å². The molecule has 3 aromatic rings. The smallest absolute Gasteiger partial charge is 0.283 e. The number of nitrogens with zero attached hydrogens (tertiary/aromatic N) is 4. The van der Waals surface area contributed by atoms with Crippen molar-refractivity contribution in [1.82, 2.24) is 9.97 Å². The van der Waals surface area contributed by atoms with Gasteiger partial charge in [0.2, 0.25) is 0 Å². The van der Waals surface area contributed by atoms with Gasteiger partial charge in [-0.2, -0.15) is 5.26 Å². The molecule has 3 rings (SSSR count). The van der Waals surface area contributed by atoms with Crippen LogP contribution in [0.25, 0.3) is 6.08 Å². The first-order valence-electron chi connectivity index (χ1n) is 9.11. The van der Waals surface area contributed by atoms with Gasteiger partial charge in [0, 0.05) is 24.1 Å². The number of nitro benzene ring substituents is 1. The number of nitrogens with one attached hydrogen (secondary N) is 1. The van der Waals surface area contributed by atoms with Gasteiger partial charge in [-0.1, -0.05) is 18.2 Å². The second kappa shape index (κ2) is 9.65. The van der Waals surface area contributed by atoms with E-state index in [0.717, 1.165) is 22.9 Å². The molecule has 1 N–H and O–H groups in total. The zero-order chi connectivity index (χ0) is 22.4. The third-order valence-corrected chi connectivity index (χ3v) is 5.20. The molecule has 1 heterocycles. The van der Waals surface area contributed by atoms with Gasteiger partial charge in [0.15, 0.2) is 5.16 Å². The summed E-state index contributed by atoms with van der Waals surface area (Å²) in [6, 6.07) is 13.6. The average molecular weight is 431 g/mol. The maximum atomic E-state index is 12.6. The Balaban J connectivity index is 1.88. The van der Waals surface area contributed by atoms with Gasteiger partial charge in [-0.15, -0.1) is 0 Å². The molecule has 31 heavy (non-hydrogen) atoms. The Bertz CT molecular complexity index is 1220. The molecule has 0 aliphatic heterocycles. The van der Waals surface area contributed by atoms with E-state index in [4.69, 9.17) is 0 Å². The van der Waals surface area contributed by atoms with Crippen LogP contribution >= 0.6 is 11.8 Å². The van der Waals surface area contributed by atoms with Crippen molar-refractivity contribution in [1.29, 1.82) is 5.26 Å². The summed E-state index contributed by atoms with van der Waals surface area (Å²) in [5.41, 5.74) is 2.45. The first kappa shape index (κ1) is 21.7. The minimum absolute atomic E-state index is 0.165. The minimum Gasteiger partial charge on any atom is -0.321 e. The molecule has 9 heteroatoms.